The Morgan fingerprint density at radius 1 is 0.275 bits per heavy atom. The quantitative estimate of drug-likeness (QED) is 0.176. The fraction of sp³-hybridized carbons (Fsp3) is 0.0303. The average molecular weight is 880 g/mol. The summed E-state index contributed by atoms with van der Waals surface area (Å²) in [6.07, 6.45) is 0. The first-order valence-electron chi connectivity index (χ1n) is 23.8. The van der Waals surface area contributed by atoms with Gasteiger partial charge in [0.15, 0.2) is 0 Å². The van der Waals surface area contributed by atoms with Crippen LogP contribution < -0.4 is 14.4 Å². The first-order chi connectivity index (χ1) is 34.2. The third kappa shape index (κ3) is 5.01. The molecule has 0 amide bonds. The monoisotopic (exact) mass is 879 g/mol. The number of para-hydroxylation sites is 5. The molecule has 3 nitrogen and oxygen atoms in total. The predicted molar refractivity (Wildman–Crippen MR) is 279 cm³/mol. The van der Waals surface area contributed by atoms with E-state index in [-0.39, 0.29) is 0 Å². The van der Waals surface area contributed by atoms with Crippen LogP contribution in [0.1, 0.15) is 44.5 Å². The Kier molecular flexibility index (Phi) is 7.92. The fourth-order valence-corrected chi connectivity index (χ4v) is 12.8. The van der Waals surface area contributed by atoms with Crippen LogP contribution in [0, 0.1) is 0 Å². The van der Waals surface area contributed by atoms with E-state index >= 15 is 0 Å². The molecule has 15 rings (SSSR count). The lowest BCUT2D eigenvalue weighted by molar-refractivity contribution is 0.436. The van der Waals surface area contributed by atoms with Crippen molar-refractivity contribution in [1.82, 2.24) is 0 Å². The summed E-state index contributed by atoms with van der Waals surface area (Å²) >= 11 is 0. The van der Waals surface area contributed by atoms with Crippen LogP contribution in [0.4, 0.5) is 17.1 Å². The van der Waals surface area contributed by atoms with Crippen molar-refractivity contribution in [2.75, 3.05) is 4.90 Å². The SMILES string of the molecule is c1ccc(-c2ccccc2N(c2cccc3c2-c2ccccc2C32c3ccccc3Oc3ccccc32)c2cccc3cc4c(cc23)C2(c3ccccc3Oc3ccccc32)c2ccccc2-4)cc1. The van der Waals surface area contributed by atoms with Crippen LogP contribution in [-0.2, 0) is 10.8 Å². The Bertz CT molecular complexity index is 3850. The van der Waals surface area contributed by atoms with E-state index in [2.05, 4.69) is 254 Å². The molecule has 0 atom stereocenters. The molecule has 2 heterocycles. The van der Waals surface area contributed by atoms with Crippen molar-refractivity contribution >= 4 is 27.8 Å². The molecule has 0 unspecified atom stereocenters. The zero-order chi connectivity index (χ0) is 45.3. The van der Waals surface area contributed by atoms with Crippen LogP contribution in [0.2, 0.25) is 0 Å². The first-order valence-corrected chi connectivity index (χ1v) is 23.8. The topological polar surface area (TPSA) is 21.7 Å². The second-order valence-electron chi connectivity index (χ2n) is 18.6. The van der Waals surface area contributed by atoms with Gasteiger partial charge in [-0.25, -0.2) is 0 Å². The number of benzene rings is 11. The number of anilines is 3. The van der Waals surface area contributed by atoms with E-state index < -0.39 is 10.8 Å². The van der Waals surface area contributed by atoms with E-state index in [1.54, 1.807) is 0 Å². The van der Waals surface area contributed by atoms with Crippen molar-refractivity contribution in [3.05, 3.63) is 293 Å². The van der Waals surface area contributed by atoms with E-state index in [0.29, 0.717) is 0 Å². The van der Waals surface area contributed by atoms with Crippen molar-refractivity contribution in [3.8, 4) is 56.4 Å². The van der Waals surface area contributed by atoms with Crippen molar-refractivity contribution in [1.29, 1.82) is 0 Å². The van der Waals surface area contributed by atoms with Gasteiger partial charge in [-0.15, -0.1) is 0 Å². The molecule has 0 aromatic heterocycles. The summed E-state index contributed by atoms with van der Waals surface area (Å²) in [4.78, 5) is 2.56. The predicted octanol–water partition coefficient (Wildman–Crippen LogP) is 16.9. The zero-order valence-corrected chi connectivity index (χ0v) is 37.4. The van der Waals surface area contributed by atoms with Gasteiger partial charge < -0.3 is 14.4 Å². The minimum absolute atomic E-state index is 0.616. The molecule has 322 valence electrons. The lowest BCUT2D eigenvalue weighted by Gasteiger charge is -2.39. The number of rotatable bonds is 4. The summed E-state index contributed by atoms with van der Waals surface area (Å²) in [5.74, 6) is 3.53. The van der Waals surface area contributed by atoms with E-state index in [1.807, 2.05) is 0 Å². The van der Waals surface area contributed by atoms with Gasteiger partial charge in [-0.1, -0.05) is 194 Å². The van der Waals surface area contributed by atoms with Crippen molar-refractivity contribution in [3.63, 3.8) is 0 Å². The van der Waals surface area contributed by atoms with Gasteiger partial charge in [0.2, 0.25) is 0 Å². The van der Waals surface area contributed by atoms with Gasteiger partial charge in [-0.2, -0.15) is 0 Å². The third-order valence-electron chi connectivity index (χ3n) is 15.4. The standard InChI is InChI=1S/C66H41NO2/c1-2-20-42(21-3-1)44-23-6-13-33-57(44)67(59-35-19-32-55-64(59)46-25-5-8-27-50(46)65(55)51-28-9-14-36-60(51)68-61-37-15-10-29-52(61)65)58-34-18-22-43-40-48-45-24-4-7-26-49(45)66(56(48)41-47(43)58)53-30-11-16-38-62(53)69-63-39-17-12-31-54(63)66/h1-41H. The summed E-state index contributed by atoms with van der Waals surface area (Å²) in [6, 6.07) is 91.0. The molecule has 2 aliphatic carbocycles. The highest BCUT2D eigenvalue weighted by Crippen LogP contribution is 2.66. The highest BCUT2D eigenvalue weighted by Gasteiger charge is 2.53. The maximum Gasteiger partial charge on any atom is 0.132 e. The maximum atomic E-state index is 6.76. The van der Waals surface area contributed by atoms with Gasteiger partial charge in [0.05, 0.1) is 27.9 Å². The molecule has 2 spiro atoms. The smallest absolute Gasteiger partial charge is 0.132 e. The molecule has 3 heteroatoms. The van der Waals surface area contributed by atoms with Gasteiger partial charge >= 0.3 is 0 Å². The number of ether oxygens (including phenoxy) is 2. The zero-order valence-electron chi connectivity index (χ0n) is 37.4. The molecule has 0 bridgehead atoms. The first kappa shape index (κ1) is 38.2. The molecule has 0 fully saturated rings. The van der Waals surface area contributed by atoms with Gasteiger partial charge in [0.1, 0.15) is 23.0 Å². The Hall–Kier alpha value is -8.92. The third-order valence-corrected chi connectivity index (χ3v) is 15.4. The largest absolute Gasteiger partial charge is 0.457 e. The van der Waals surface area contributed by atoms with Gasteiger partial charge in [0.25, 0.3) is 0 Å². The lowest BCUT2D eigenvalue weighted by atomic mass is 9.66. The highest BCUT2D eigenvalue weighted by atomic mass is 16.5. The minimum atomic E-state index is -0.625. The second-order valence-corrected chi connectivity index (χ2v) is 18.6. The molecule has 2 aliphatic heterocycles. The number of nitrogens with zero attached hydrogens (tertiary/aromatic N) is 1. The summed E-state index contributed by atoms with van der Waals surface area (Å²) < 4.78 is 13.5. The van der Waals surface area contributed by atoms with Crippen LogP contribution in [0.15, 0.2) is 249 Å². The van der Waals surface area contributed by atoms with E-state index in [4.69, 9.17) is 9.47 Å². The molecular formula is C66H41NO2. The van der Waals surface area contributed by atoms with E-state index in [9.17, 15) is 0 Å². The Labute approximate surface area is 400 Å². The van der Waals surface area contributed by atoms with Crippen LogP contribution in [0.5, 0.6) is 23.0 Å². The van der Waals surface area contributed by atoms with E-state index in [0.717, 1.165) is 78.8 Å². The van der Waals surface area contributed by atoms with Gasteiger partial charge in [-0.3, -0.25) is 0 Å². The Balaban J connectivity index is 1.07. The fourth-order valence-electron chi connectivity index (χ4n) is 12.8. The summed E-state index contributed by atoms with van der Waals surface area (Å²) in [5, 5.41) is 2.33. The normalized spacial score (nSPS) is 14.3. The van der Waals surface area contributed by atoms with Crippen LogP contribution in [-0.4, -0.2) is 0 Å². The highest BCUT2D eigenvalue weighted by molar-refractivity contribution is 6.08. The molecule has 0 radical (unpaired) electrons. The number of hydrogen-bond donors (Lipinski definition) is 0. The van der Waals surface area contributed by atoms with Crippen molar-refractivity contribution in [2.45, 2.75) is 10.8 Å². The summed E-state index contributed by atoms with van der Waals surface area (Å²) in [6.45, 7) is 0. The second kappa shape index (κ2) is 14.3. The molecule has 11 aromatic rings. The summed E-state index contributed by atoms with van der Waals surface area (Å²) in [5.41, 5.74) is 18.9. The molecule has 0 saturated carbocycles. The summed E-state index contributed by atoms with van der Waals surface area (Å²) in [7, 11) is 0. The molecule has 0 N–H and O–H groups in total. The van der Waals surface area contributed by atoms with Crippen LogP contribution >= 0.6 is 0 Å². The molecule has 11 aromatic carbocycles. The Morgan fingerprint density at radius 2 is 0.710 bits per heavy atom. The maximum absolute atomic E-state index is 6.76. The lowest BCUT2D eigenvalue weighted by Crippen LogP contribution is -2.32. The molecule has 4 aliphatic rings. The minimum Gasteiger partial charge on any atom is -0.457 e. The Morgan fingerprint density at radius 3 is 1.33 bits per heavy atom. The molecule has 0 saturated heterocycles. The average Bonchev–Trinajstić information content (AvgIpc) is 3.87. The number of fused-ring (bicyclic) bond motifs is 19. The van der Waals surface area contributed by atoms with Crippen LogP contribution in [0.25, 0.3) is 44.2 Å². The van der Waals surface area contributed by atoms with Crippen molar-refractivity contribution < 1.29 is 9.47 Å². The van der Waals surface area contributed by atoms with Crippen LogP contribution in [0.3, 0.4) is 0 Å². The molecular weight excluding hydrogens is 839 g/mol. The number of hydrogen-bond acceptors (Lipinski definition) is 3. The molecule has 69 heavy (non-hydrogen) atoms. The van der Waals surface area contributed by atoms with E-state index in [1.165, 1.54) is 49.9 Å². The van der Waals surface area contributed by atoms with Gasteiger partial charge in [-0.05, 0) is 104 Å². The van der Waals surface area contributed by atoms with Crippen molar-refractivity contribution in [2.24, 2.45) is 0 Å². The van der Waals surface area contributed by atoms with Gasteiger partial charge in [0, 0.05) is 38.8 Å².